The number of nitrogens with one attached hydrogen (secondary N) is 1. The summed E-state index contributed by atoms with van der Waals surface area (Å²) in [5.74, 6) is -0.888. The topological polar surface area (TPSA) is 75.7 Å². The highest BCUT2D eigenvalue weighted by Crippen LogP contribution is 2.34. The first kappa shape index (κ1) is 26.8. The van der Waals surface area contributed by atoms with Crippen LogP contribution in [0, 0.1) is 0 Å². The van der Waals surface area contributed by atoms with Gasteiger partial charge in [0.1, 0.15) is 10.6 Å². The number of halogens is 5. The van der Waals surface area contributed by atoms with Crippen molar-refractivity contribution in [2.75, 3.05) is 19.0 Å². The van der Waals surface area contributed by atoms with Crippen LogP contribution >= 0.6 is 23.2 Å². The zero-order valence-corrected chi connectivity index (χ0v) is 20.5. The lowest BCUT2D eigenvalue weighted by molar-refractivity contribution is -0.137. The van der Waals surface area contributed by atoms with Crippen LogP contribution in [0.15, 0.2) is 71.6 Å². The predicted molar refractivity (Wildman–Crippen MR) is 127 cm³/mol. The molecule has 0 unspecified atom stereocenters. The Bertz CT molecular complexity index is 1320. The van der Waals surface area contributed by atoms with E-state index in [4.69, 9.17) is 27.9 Å². The van der Waals surface area contributed by atoms with Gasteiger partial charge in [0.05, 0.1) is 29.9 Å². The number of sulfonamides is 1. The number of alkyl halides is 3. The molecular formula is C23H19Cl2F3N2O4S. The van der Waals surface area contributed by atoms with E-state index in [1.807, 2.05) is 0 Å². The molecule has 0 saturated carbocycles. The van der Waals surface area contributed by atoms with Gasteiger partial charge in [-0.1, -0.05) is 53.5 Å². The lowest BCUT2D eigenvalue weighted by atomic mass is 10.2. The molecule has 3 aromatic carbocycles. The maximum absolute atomic E-state index is 13.5. The second-order valence-corrected chi connectivity index (χ2v) is 10.0. The molecule has 3 rings (SSSR count). The van der Waals surface area contributed by atoms with Gasteiger partial charge in [0.25, 0.3) is 0 Å². The lowest BCUT2D eigenvalue weighted by Gasteiger charge is -2.23. The summed E-state index contributed by atoms with van der Waals surface area (Å²) in [4.78, 5) is 12.5. The van der Waals surface area contributed by atoms with E-state index >= 15 is 0 Å². The molecule has 6 nitrogen and oxygen atoms in total. The SMILES string of the molecule is COc1ccc(Cl)cc1S(=O)(=O)N(CC(=O)Nc1cc(C(F)(F)F)ccc1Cl)Cc1ccccc1. The van der Waals surface area contributed by atoms with E-state index in [9.17, 15) is 26.4 Å². The molecule has 0 fully saturated rings. The molecule has 12 heteroatoms. The lowest BCUT2D eigenvalue weighted by Crippen LogP contribution is -2.37. The van der Waals surface area contributed by atoms with Gasteiger partial charge in [-0.15, -0.1) is 0 Å². The summed E-state index contributed by atoms with van der Waals surface area (Å²) >= 11 is 12.0. The summed E-state index contributed by atoms with van der Waals surface area (Å²) < 4.78 is 72.3. The van der Waals surface area contributed by atoms with Gasteiger partial charge in [-0.3, -0.25) is 4.79 Å². The van der Waals surface area contributed by atoms with Crippen LogP contribution in [0.1, 0.15) is 11.1 Å². The first-order valence-corrected chi connectivity index (χ1v) is 12.2. The van der Waals surface area contributed by atoms with Crippen molar-refractivity contribution in [1.29, 1.82) is 0 Å². The van der Waals surface area contributed by atoms with Gasteiger partial charge in [-0.25, -0.2) is 8.42 Å². The van der Waals surface area contributed by atoms with Crippen LogP contribution < -0.4 is 10.1 Å². The maximum Gasteiger partial charge on any atom is 0.416 e. The first-order valence-electron chi connectivity index (χ1n) is 9.96. The Labute approximate surface area is 210 Å². The Morgan fingerprint density at radius 2 is 1.71 bits per heavy atom. The van der Waals surface area contributed by atoms with E-state index in [1.165, 1.54) is 25.3 Å². The Morgan fingerprint density at radius 1 is 1.03 bits per heavy atom. The number of ether oxygens (including phenoxy) is 1. The molecule has 0 atom stereocenters. The van der Waals surface area contributed by atoms with Crippen LogP contribution in [0.2, 0.25) is 10.0 Å². The van der Waals surface area contributed by atoms with Crippen molar-refractivity contribution in [2.24, 2.45) is 0 Å². The molecule has 1 amide bonds. The van der Waals surface area contributed by atoms with Gasteiger partial charge < -0.3 is 10.1 Å². The Morgan fingerprint density at radius 3 is 2.34 bits per heavy atom. The molecule has 0 bridgehead atoms. The third kappa shape index (κ3) is 6.66. The number of carbonyl (C=O) groups excluding carboxylic acids is 1. The third-order valence-electron chi connectivity index (χ3n) is 4.83. The third-order valence-corrected chi connectivity index (χ3v) is 7.21. The summed E-state index contributed by atoms with van der Waals surface area (Å²) in [5, 5.41) is 2.26. The average Bonchev–Trinajstić information content (AvgIpc) is 2.80. The van der Waals surface area contributed by atoms with Crippen LogP contribution in [0.25, 0.3) is 0 Å². The molecule has 0 aliphatic heterocycles. The largest absolute Gasteiger partial charge is 0.495 e. The molecule has 186 valence electrons. The van der Waals surface area contributed by atoms with Gasteiger partial charge in [0.2, 0.25) is 15.9 Å². The van der Waals surface area contributed by atoms with Gasteiger partial charge in [0, 0.05) is 11.6 Å². The van der Waals surface area contributed by atoms with E-state index < -0.39 is 34.2 Å². The van der Waals surface area contributed by atoms with Gasteiger partial charge in [-0.2, -0.15) is 17.5 Å². The van der Waals surface area contributed by atoms with Gasteiger partial charge in [-0.05, 0) is 42.0 Å². The van der Waals surface area contributed by atoms with E-state index in [2.05, 4.69) is 5.32 Å². The predicted octanol–water partition coefficient (Wildman–Crippen LogP) is 5.85. The smallest absolute Gasteiger partial charge is 0.416 e. The number of hydrogen-bond donors (Lipinski definition) is 1. The fourth-order valence-electron chi connectivity index (χ4n) is 3.15. The average molecular weight is 547 g/mol. The number of anilines is 1. The zero-order chi connectivity index (χ0) is 25.8. The molecule has 1 N–H and O–H groups in total. The Balaban J connectivity index is 1.96. The molecule has 35 heavy (non-hydrogen) atoms. The standard InChI is InChI=1S/C23H19Cl2F3N2O4S/c1-34-20-10-8-17(24)12-21(20)35(32,33)30(13-15-5-3-2-4-6-15)14-22(31)29-19-11-16(23(26,27)28)7-9-18(19)25/h2-12H,13-14H2,1H3,(H,29,31). The van der Waals surface area contributed by atoms with Crippen molar-refractivity contribution in [1.82, 2.24) is 4.31 Å². The highest BCUT2D eigenvalue weighted by atomic mass is 35.5. The van der Waals surface area contributed by atoms with Crippen LogP contribution in [-0.2, 0) is 27.5 Å². The fraction of sp³-hybridized carbons (Fsp3) is 0.174. The monoisotopic (exact) mass is 546 g/mol. The fourth-order valence-corrected chi connectivity index (χ4v) is 5.12. The number of benzene rings is 3. The molecule has 0 radical (unpaired) electrons. The summed E-state index contributed by atoms with van der Waals surface area (Å²) in [5.41, 5.74) is -0.750. The van der Waals surface area contributed by atoms with Crippen LogP contribution in [0.4, 0.5) is 18.9 Å². The van der Waals surface area contributed by atoms with Gasteiger partial charge in [0.15, 0.2) is 0 Å². The van der Waals surface area contributed by atoms with Crippen LogP contribution in [0.5, 0.6) is 5.75 Å². The van der Waals surface area contributed by atoms with E-state index in [-0.39, 0.29) is 32.9 Å². The minimum absolute atomic E-state index is 0.00814. The minimum atomic E-state index is -4.66. The van der Waals surface area contributed by atoms with E-state index in [0.717, 1.165) is 16.4 Å². The van der Waals surface area contributed by atoms with E-state index in [0.29, 0.717) is 11.6 Å². The highest BCUT2D eigenvalue weighted by Gasteiger charge is 2.32. The normalized spacial score (nSPS) is 12.0. The first-order chi connectivity index (χ1) is 16.4. The van der Waals surface area contributed by atoms with Crippen molar-refractivity contribution in [3.63, 3.8) is 0 Å². The molecule has 0 heterocycles. The van der Waals surface area contributed by atoms with Crippen molar-refractivity contribution in [2.45, 2.75) is 17.6 Å². The minimum Gasteiger partial charge on any atom is -0.495 e. The van der Waals surface area contributed by atoms with Crippen molar-refractivity contribution < 1.29 is 31.1 Å². The Hall–Kier alpha value is -2.79. The quantitative estimate of drug-likeness (QED) is 0.384. The molecular weight excluding hydrogens is 528 g/mol. The van der Waals surface area contributed by atoms with Crippen LogP contribution in [-0.4, -0.2) is 32.3 Å². The molecule has 0 saturated heterocycles. The second-order valence-electron chi connectivity index (χ2n) is 7.29. The maximum atomic E-state index is 13.5. The van der Waals surface area contributed by atoms with Crippen molar-refractivity contribution in [3.8, 4) is 5.75 Å². The number of hydrogen-bond acceptors (Lipinski definition) is 4. The molecule has 0 aliphatic carbocycles. The number of nitrogens with zero attached hydrogens (tertiary/aromatic N) is 1. The number of methoxy groups -OCH3 is 1. The molecule has 0 aliphatic rings. The number of rotatable bonds is 8. The highest BCUT2D eigenvalue weighted by molar-refractivity contribution is 7.89. The molecule has 0 spiro atoms. The zero-order valence-electron chi connectivity index (χ0n) is 18.1. The summed E-state index contributed by atoms with van der Waals surface area (Å²) in [6.45, 7) is -0.929. The van der Waals surface area contributed by atoms with Crippen molar-refractivity contribution >= 4 is 44.8 Å². The Kier molecular flexibility index (Phi) is 8.32. The van der Waals surface area contributed by atoms with E-state index in [1.54, 1.807) is 30.3 Å². The number of carbonyl (C=O) groups is 1. The number of amides is 1. The molecule has 3 aromatic rings. The summed E-state index contributed by atoms with van der Waals surface area (Å²) in [6, 6.07) is 14.9. The van der Waals surface area contributed by atoms with Crippen molar-refractivity contribution in [3.05, 3.63) is 87.9 Å². The second kappa shape index (κ2) is 10.9. The summed E-state index contributed by atoms with van der Waals surface area (Å²) in [7, 11) is -3.06. The van der Waals surface area contributed by atoms with Crippen LogP contribution in [0.3, 0.4) is 0 Å². The summed E-state index contributed by atoms with van der Waals surface area (Å²) in [6.07, 6.45) is -4.66. The van der Waals surface area contributed by atoms with Gasteiger partial charge >= 0.3 is 6.18 Å². The molecule has 0 aromatic heterocycles.